The highest BCUT2D eigenvalue weighted by atomic mass is 35.5. The maximum atomic E-state index is 12.2. The molecule has 3 unspecified atom stereocenters. The Hall–Kier alpha value is -1.02. The van der Waals surface area contributed by atoms with Crippen LogP contribution in [0.15, 0.2) is 30.3 Å². The van der Waals surface area contributed by atoms with Gasteiger partial charge in [0, 0.05) is 0 Å². The average molecular weight is 297 g/mol. The van der Waals surface area contributed by atoms with E-state index >= 15 is 0 Å². The van der Waals surface area contributed by atoms with Crippen LogP contribution in [0, 0.1) is 17.8 Å². The van der Waals surface area contributed by atoms with E-state index in [1.54, 1.807) is 0 Å². The first-order valence-electron chi connectivity index (χ1n) is 7.34. The summed E-state index contributed by atoms with van der Waals surface area (Å²) < 4.78 is 5.78. The largest absolute Gasteiger partial charge is 0.458 e. The lowest BCUT2D eigenvalue weighted by Crippen LogP contribution is -2.35. The molecule has 1 fully saturated rings. The maximum Gasteiger partial charge on any atom is 0.338 e. The van der Waals surface area contributed by atoms with E-state index in [1.807, 2.05) is 30.3 Å². The fourth-order valence-corrected chi connectivity index (χ4v) is 3.03. The van der Waals surface area contributed by atoms with Crippen LogP contribution in [-0.2, 0) is 4.74 Å². The van der Waals surface area contributed by atoms with Crippen LogP contribution in [0.5, 0.6) is 0 Å². The van der Waals surface area contributed by atoms with Crippen molar-refractivity contribution in [3.63, 3.8) is 0 Å². The standard InChI is InChI=1S/C17H24O2.ClH/c1-12(2)15-10-9-13(3)11-16(15)19-17(18)14-7-5-4-6-8-14;/h4-8,12-13,15-16H,9-11H2,1-3H3;1H. The van der Waals surface area contributed by atoms with E-state index in [2.05, 4.69) is 20.8 Å². The number of benzene rings is 1. The van der Waals surface area contributed by atoms with Crippen molar-refractivity contribution in [1.82, 2.24) is 0 Å². The second-order valence-corrected chi connectivity index (χ2v) is 6.14. The maximum absolute atomic E-state index is 12.2. The smallest absolute Gasteiger partial charge is 0.338 e. The number of carbonyl (C=O) groups excluding carboxylic acids is 1. The molecule has 2 nitrogen and oxygen atoms in total. The van der Waals surface area contributed by atoms with Crippen LogP contribution in [0.1, 0.15) is 50.4 Å². The van der Waals surface area contributed by atoms with E-state index < -0.39 is 0 Å². The van der Waals surface area contributed by atoms with Gasteiger partial charge in [-0.3, -0.25) is 0 Å². The molecule has 1 saturated carbocycles. The molecule has 1 aromatic rings. The zero-order valence-corrected chi connectivity index (χ0v) is 13.4. The van der Waals surface area contributed by atoms with Crippen molar-refractivity contribution in [2.24, 2.45) is 17.8 Å². The predicted molar refractivity (Wildman–Crippen MR) is 84.2 cm³/mol. The molecule has 0 aromatic heterocycles. The van der Waals surface area contributed by atoms with Crippen LogP contribution in [0.4, 0.5) is 0 Å². The molecule has 0 radical (unpaired) electrons. The Labute approximate surface area is 128 Å². The molecule has 20 heavy (non-hydrogen) atoms. The van der Waals surface area contributed by atoms with E-state index in [4.69, 9.17) is 4.74 Å². The van der Waals surface area contributed by atoms with Gasteiger partial charge >= 0.3 is 5.97 Å². The number of rotatable bonds is 3. The van der Waals surface area contributed by atoms with Gasteiger partial charge in [0.15, 0.2) is 0 Å². The summed E-state index contributed by atoms with van der Waals surface area (Å²) in [4.78, 5) is 12.2. The van der Waals surface area contributed by atoms with Gasteiger partial charge in [0.05, 0.1) is 5.56 Å². The molecule has 0 saturated heterocycles. The molecule has 0 aliphatic heterocycles. The molecule has 0 heterocycles. The minimum Gasteiger partial charge on any atom is -0.458 e. The third kappa shape index (κ3) is 4.24. The third-order valence-electron chi connectivity index (χ3n) is 4.23. The summed E-state index contributed by atoms with van der Waals surface area (Å²) in [6.45, 7) is 6.70. The fourth-order valence-electron chi connectivity index (χ4n) is 3.03. The van der Waals surface area contributed by atoms with Gasteiger partial charge in [0.1, 0.15) is 6.10 Å². The van der Waals surface area contributed by atoms with Crippen molar-refractivity contribution < 1.29 is 9.53 Å². The van der Waals surface area contributed by atoms with Gasteiger partial charge in [-0.05, 0) is 42.7 Å². The molecule has 0 N–H and O–H groups in total. The van der Waals surface area contributed by atoms with Gasteiger partial charge in [0.2, 0.25) is 0 Å². The molecular formula is C17H25ClO2. The van der Waals surface area contributed by atoms with Crippen LogP contribution in [0.2, 0.25) is 0 Å². The first-order chi connectivity index (χ1) is 9.08. The van der Waals surface area contributed by atoms with Gasteiger partial charge in [0.25, 0.3) is 0 Å². The van der Waals surface area contributed by atoms with Crippen LogP contribution in [0.3, 0.4) is 0 Å². The van der Waals surface area contributed by atoms with Crippen molar-refractivity contribution in [2.75, 3.05) is 0 Å². The molecular weight excluding hydrogens is 272 g/mol. The van der Waals surface area contributed by atoms with Crippen molar-refractivity contribution in [3.8, 4) is 0 Å². The molecule has 3 heteroatoms. The van der Waals surface area contributed by atoms with E-state index in [0.29, 0.717) is 23.3 Å². The second-order valence-electron chi connectivity index (χ2n) is 6.14. The summed E-state index contributed by atoms with van der Waals surface area (Å²) in [5.74, 6) is 1.55. The molecule has 0 bridgehead atoms. The lowest BCUT2D eigenvalue weighted by atomic mass is 9.75. The van der Waals surface area contributed by atoms with E-state index in [-0.39, 0.29) is 24.5 Å². The van der Waals surface area contributed by atoms with Gasteiger partial charge in [-0.25, -0.2) is 4.79 Å². The summed E-state index contributed by atoms with van der Waals surface area (Å²) in [5, 5.41) is 0. The highest BCUT2D eigenvalue weighted by Crippen LogP contribution is 2.35. The first-order valence-corrected chi connectivity index (χ1v) is 7.34. The van der Waals surface area contributed by atoms with Crippen molar-refractivity contribution in [1.29, 1.82) is 0 Å². The Morgan fingerprint density at radius 2 is 1.85 bits per heavy atom. The second kappa shape index (κ2) is 7.68. The Kier molecular flexibility index (Phi) is 6.54. The van der Waals surface area contributed by atoms with Crippen LogP contribution < -0.4 is 0 Å². The Morgan fingerprint density at radius 1 is 1.20 bits per heavy atom. The van der Waals surface area contributed by atoms with Gasteiger partial charge in [-0.2, -0.15) is 0 Å². The topological polar surface area (TPSA) is 26.3 Å². The van der Waals surface area contributed by atoms with E-state index in [9.17, 15) is 4.79 Å². The minimum absolute atomic E-state index is 0. The number of hydrogen-bond donors (Lipinski definition) is 0. The van der Waals surface area contributed by atoms with Crippen LogP contribution >= 0.6 is 12.4 Å². The Balaban J connectivity index is 0.00000200. The first kappa shape index (κ1) is 17.0. The normalized spacial score (nSPS) is 25.9. The number of ether oxygens (including phenoxy) is 1. The molecule has 1 aliphatic carbocycles. The molecule has 2 rings (SSSR count). The van der Waals surface area contributed by atoms with Crippen LogP contribution in [-0.4, -0.2) is 12.1 Å². The highest BCUT2D eigenvalue weighted by molar-refractivity contribution is 5.89. The number of esters is 1. The quantitative estimate of drug-likeness (QED) is 0.754. The Bertz CT molecular complexity index is 416. The molecule has 0 amide bonds. The SMILES string of the molecule is CC1CCC(C(C)C)C(OC(=O)c2ccccc2)C1.Cl. The molecule has 3 atom stereocenters. The fraction of sp³-hybridized carbons (Fsp3) is 0.588. The molecule has 0 spiro atoms. The summed E-state index contributed by atoms with van der Waals surface area (Å²) >= 11 is 0. The van der Waals surface area contributed by atoms with Crippen molar-refractivity contribution in [3.05, 3.63) is 35.9 Å². The summed E-state index contributed by atoms with van der Waals surface area (Å²) in [7, 11) is 0. The monoisotopic (exact) mass is 296 g/mol. The number of hydrogen-bond acceptors (Lipinski definition) is 2. The van der Waals surface area contributed by atoms with Crippen molar-refractivity contribution >= 4 is 18.4 Å². The lowest BCUT2D eigenvalue weighted by molar-refractivity contribution is -0.0174. The molecule has 1 aliphatic rings. The predicted octanol–water partition coefficient (Wildman–Crippen LogP) is 4.73. The van der Waals surface area contributed by atoms with Gasteiger partial charge < -0.3 is 4.74 Å². The molecule has 112 valence electrons. The zero-order chi connectivity index (χ0) is 13.8. The summed E-state index contributed by atoms with van der Waals surface area (Å²) in [5.41, 5.74) is 0.656. The number of halogens is 1. The van der Waals surface area contributed by atoms with Crippen LogP contribution in [0.25, 0.3) is 0 Å². The highest BCUT2D eigenvalue weighted by Gasteiger charge is 2.33. The van der Waals surface area contributed by atoms with E-state index in [0.717, 1.165) is 6.42 Å². The Morgan fingerprint density at radius 3 is 2.45 bits per heavy atom. The zero-order valence-electron chi connectivity index (χ0n) is 12.5. The third-order valence-corrected chi connectivity index (χ3v) is 4.23. The van der Waals surface area contributed by atoms with Gasteiger partial charge in [-0.1, -0.05) is 45.4 Å². The number of carbonyl (C=O) groups is 1. The minimum atomic E-state index is -0.176. The summed E-state index contributed by atoms with van der Waals surface area (Å²) in [6, 6.07) is 9.30. The average Bonchev–Trinajstić information content (AvgIpc) is 2.39. The van der Waals surface area contributed by atoms with Crippen molar-refractivity contribution in [2.45, 2.75) is 46.1 Å². The van der Waals surface area contributed by atoms with E-state index in [1.165, 1.54) is 12.8 Å². The summed E-state index contributed by atoms with van der Waals surface area (Å²) in [6.07, 6.45) is 3.51. The lowest BCUT2D eigenvalue weighted by Gasteiger charge is -2.36. The van der Waals surface area contributed by atoms with Gasteiger partial charge in [-0.15, -0.1) is 12.4 Å². The molecule has 1 aromatic carbocycles.